The molecule has 7 nitrogen and oxygen atoms in total. The molecule has 0 saturated heterocycles. The molecule has 2 amide bonds. The zero-order valence-electron chi connectivity index (χ0n) is 27.3. The van der Waals surface area contributed by atoms with Crippen molar-refractivity contribution < 1.29 is 19.5 Å². The van der Waals surface area contributed by atoms with E-state index < -0.39 is 11.6 Å². The van der Waals surface area contributed by atoms with Gasteiger partial charge >= 0.3 is 5.97 Å². The van der Waals surface area contributed by atoms with Gasteiger partial charge < -0.3 is 15.3 Å². The molecule has 44 heavy (non-hydrogen) atoms. The summed E-state index contributed by atoms with van der Waals surface area (Å²) in [5.41, 5.74) is 3.46. The van der Waals surface area contributed by atoms with Crippen LogP contribution in [0, 0.1) is 23.2 Å². The summed E-state index contributed by atoms with van der Waals surface area (Å²) < 4.78 is 0. The number of allylic oxidation sites excluding steroid dienone is 1. The summed E-state index contributed by atoms with van der Waals surface area (Å²) in [5, 5.41) is 11.7. The molecule has 0 bridgehead atoms. The van der Waals surface area contributed by atoms with Gasteiger partial charge in [-0.1, -0.05) is 77.1 Å². The molecular weight excluding hydrogens is 550 g/mol. The van der Waals surface area contributed by atoms with Gasteiger partial charge in [0.1, 0.15) is 11.4 Å². The van der Waals surface area contributed by atoms with E-state index in [-0.39, 0.29) is 42.2 Å². The number of nitrogens with zero attached hydrogens (tertiary/aromatic N) is 2. The highest BCUT2D eigenvalue weighted by molar-refractivity contribution is 6.46. The molecule has 0 radical (unpaired) electrons. The monoisotopic (exact) mass is 601 g/mol. The first-order chi connectivity index (χ1) is 20.9. The topological polar surface area (TPSA) is 99.1 Å². The van der Waals surface area contributed by atoms with Crippen molar-refractivity contribution in [3.63, 3.8) is 0 Å². The Balaban J connectivity index is 1.44. The molecule has 0 aromatic heterocycles. The van der Waals surface area contributed by atoms with E-state index >= 15 is 0 Å². The Hall–Kier alpha value is -3.22. The van der Waals surface area contributed by atoms with E-state index in [1.807, 2.05) is 12.2 Å². The maximum Gasteiger partial charge on any atom is 0.305 e. The number of nitrogens with one attached hydrogen (secondary N) is 1. The van der Waals surface area contributed by atoms with Crippen molar-refractivity contribution >= 4 is 23.5 Å². The molecule has 7 heteroatoms. The molecule has 2 saturated carbocycles. The molecule has 5 rings (SSSR count). The van der Waals surface area contributed by atoms with Gasteiger partial charge in [0.15, 0.2) is 0 Å². The number of carboxylic acid groups (broad SMARTS) is 1. The Labute approximate surface area is 263 Å². The number of amides is 2. The largest absolute Gasteiger partial charge is 0.481 e. The Morgan fingerprint density at radius 2 is 1.77 bits per heavy atom. The van der Waals surface area contributed by atoms with Gasteiger partial charge in [-0.05, 0) is 92.1 Å². The van der Waals surface area contributed by atoms with Crippen LogP contribution in [0.3, 0.4) is 0 Å². The second kappa shape index (κ2) is 13.0. The highest BCUT2D eigenvalue weighted by atomic mass is 16.4. The van der Waals surface area contributed by atoms with Crippen molar-refractivity contribution in [1.29, 1.82) is 0 Å². The lowest BCUT2D eigenvalue weighted by molar-refractivity contribution is -0.137. The van der Waals surface area contributed by atoms with Crippen LogP contribution in [0.5, 0.6) is 0 Å². The fraction of sp³-hybridized carbons (Fsp3) is 0.622. The van der Waals surface area contributed by atoms with Crippen molar-refractivity contribution in [2.45, 2.75) is 116 Å². The number of aliphatic imine (C=N–C) groups is 1. The fourth-order valence-corrected chi connectivity index (χ4v) is 7.20. The van der Waals surface area contributed by atoms with Gasteiger partial charge in [0, 0.05) is 12.1 Å². The average Bonchev–Trinajstić information content (AvgIpc) is 3.79. The molecule has 1 spiro atoms. The van der Waals surface area contributed by atoms with E-state index in [1.165, 1.54) is 18.4 Å². The quantitative estimate of drug-likeness (QED) is 0.285. The molecule has 2 unspecified atom stereocenters. The van der Waals surface area contributed by atoms with Crippen LogP contribution < -0.4 is 5.32 Å². The number of benzene rings is 1. The third kappa shape index (κ3) is 7.35. The lowest BCUT2D eigenvalue weighted by atomic mass is 9.75. The SMILES string of the molecule is CC(C)C1CCC2(CC1)N=C(c1ccc(C3CC3)cc1)C(=O)N2C(CCC(C)(C)C)C1=CCC(C(=O)NCCC(=O)O)C=C1. The molecule has 2 N–H and O–H groups in total. The molecule has 1 aromatic carbocycles. The van der Waals surface area contributed by atoms with Crippen molar-refractivity contribution in [2.75, 3.05) is 6.54 Å². The molecule has 4 aliphatic rings. The van der Waals surface area contributed by atoms with Crippen LogP contribution in [0.2, 0.25) is 0 Å². The van der Waals surface area contributed by atoms with Crippen molar-refractivity contribution in [3.05, 3.63) is 59.2 Å². The second-order valence-corrected chi connectivity index (χ2v) is 15.1. The number of hydrogen-bond donors (Lipinski definition) is 2. The Morgan fingerprint density at radius 3 is 2.32 bits per heavy atom. The van der Waals surface area contributed by atoms with Crippen LogP contribution >= 0.6 is 0 Å². The Kier molecular flexibility index (Phi) is 9.52. The molecule has 1 heterocycles. The number of carbonyl (C=O) groups excluding carboxylic acids is 2. The van der Waals surface area contributed by atoms with E-state index in [9.17, 15) is 14.4 Å². The van der Waals surface area contributed by atoms with Crippen LogP contribution in [0.25, 0.3) is 0 Å². The summed E-state index contributed by atoms with van der Waals surface area (Å²) in [6.45, 7) is 11.4. The summed E-state index contributed by atoms with van der Waals surface area (Å²) in [6, 6.07) is 8.41. The van der Waals surface area contributed by atoms with Crippen LogP contribution in [0.4, 0.5) is 0 Å². The molecule has 3 aliphatic carbocycles. The number of hydrogen-bond acceptors (Lipinski definition) is 4. The third-order valence-corrected chi connectivity index (χ3v) is 10.2. The van der Waals surface area contributed by atoms with E-state index in [1.54, 1.807) is 0 Å². The minimum absolute atomic E-state index is 0.0221. The molecule has 2 fully saturated rings. The normalized spacial score (nSPS) is 26.1. The van der Waals surface area contributed by atoms with E-state index in [4.69, 9.17) is 10.1 Å². The van der Waals surface area contributed by atoms with Crippen molar-refractivity contribution in [3.8, 4) is 0 Å². The van der Waals surface area contributed by atoms with Gasteiger partial charge in [0.05, 0.1) is 18.4 Å². The van der Waals surface area contributed by atoms with Gasteiger partial charge in [-0.3, -0.25) is 19.4 Å². The van der Waals surface area contributed by atoms with Gasteiger partial charge in [-0.25, -0.2) is 0 Å². The number of carbonyl (C=O) groups is 3. The second-order valence-electron chi connectivity index (χ2n) is 15.1. The summed E-state index contributed by atoms with van der Waals surface area (Å²) in [7, 11) is 0. The fourth-order valence-electron chi connectivity index (χ4n) is 7.20. The highest BCUT2D eigenvalue weighted by Crippen LogP contribution is 2.47. The first-order valence-electron chi connectivity index (χ1n) is 16.8. The van der Waals surface area contributed by atoms with E-state index in [0.717, 1.165) is 49.7 Å². The van der Waals surface area contributed by atoms with Crippen LogP contribution in [-0.2, 0) is 14.4 Å². The van der Waals surface area contributed by atoms with Crippen molar-refractivity contribution in [1.82, 2.24) is 10.2 Å². The zero-order valence-corrected chi connectivity index (χ0v) is 27.3. The van der Waals surface area contributed by atoms with Gasteiger partial charge in [0.25, 0.3) is 5.91 Å². The maximum atomic E-state index is 14.6. The highest BCUT2D eigenvalue weighted by Gasteiger charge is 2.52. The lowest BCUT2D eigenvalue weighted by Crippen LogP contribution is -2.55. The van der Waals surface area contributed by atoms with Crippen molar-refractivity contribution in [2.24, 2.45) is 28.2 Å². The minimum Gasteiger partial charge on any atom is -0.481 e. The molecule has 1 aliphatic heterocycles. The first kappa shape index (κ1) is 32.2. The molecule has 1 aromatic rings. The number of rotatable bonds is 11. The Bertz CT molecular complexity index is 1320. The molecule has 2 atom stereocenters. The number of aliphatic carboxylic acids is 1. The summed E-state index contributed by atoms with van der Waals surface area (Å²) >= 11 is 0. The standard InChI is InChI=1S/C37H51N3O4/c1-24(2)25-16-21-37(22-17-25)39-33(29-12-8-27(9-13-29)26-6-7-26)35(44)40(37)31(18-20-36(3,4)5)28-10-14-30(15-11-28)34(43)38-23-19-32(41)42/h8-14,24-26,30-31H,6-7,15-23H2,1-5H3,(H,38,43)(H,41,42). The van der Waals surface area contributed by atoms with Gasteiger partial charge in [-0.15, -0.1) is 0 Å². The van der Waals surface area contributed by atoms with Crippen LogP contribution in [0.15, 0.2) is 53.1 Å². The smallest absolute Gasteiger partial charge is 0.305 e. The predicted molar refractivity (Wildman–Crippen MR) is 174 cm³/mol. The summed E-state index contributed by atoms with van der Waals surface area (Å²) in [5.74, 6) is 0.485. The summed E-state index contributed by atoms with van der Waals surface area (Å²) in [6.07, 6.45) is 14.6. The maximum absolute atomic E-state index is 14.6. The van der Waals surface area contributed by atoms with E-state index in [0.29, 0.717) is 29.9 Å². The summed E-state index contributed by atoms with van der Waals surface area (Å²) in [4.78, 5) is 45.8. The van der Waals surface area contributed by atoms with E-state index in [2.05, 4.69) is 75.2 Å². The average molecular weight is 602 g/mol. The molecule has 238 valence electrons. The predicted octanol–water partition coefficient (Wildman–Crippen LogP) is 7.03. The first-order valence-corrected chi connectivity index (χ1v) is 16.8. The van der Waals surface area contributed by atoms with Gasteiger partial charge in [-0.2, -0.15) is 0 Å². The van der Waals surface area contributed by atoms with Crippen LogP contribution in [-0.4, -0.2) is 51.8 Å². The lowest BCUT2D eigenvalue weighted by Gasteiger charge is -2.47. The zero-order chi connectivity index (χ0) is 31.6. The third-order valence-electron chi connectivity index (χ3n) is 10.2. The van der Waals surface area contributed by atoms with Gasteiger partial charge in [0.2, 0.25) is 5.91 Å². The number of carboxylic acids is 1. The minimum atomic E-state index is -0.930. The molecular formula is C37H51N3O4. The Morgan fingerprint density at radius 1 is 1.09 bits per heavy atom. The van der Waals surface area contributed by atoms with Crippen LogP contribution in [0.1, 0.15) is 116 Å².